The minimum absolute atomic E-state index is 0.0423. The average Bonchev–Trinajstić information content (AvgIpc) is 2.80. The van der Waals surface area contributed by atoms with Crippen LogP contribution in [0, 0.1) is 0 Å². The van der Waals surface area contributed by atoms with Gasteiger partial charge in [0.2, 0.25) is 5.91 Å². The predicted octanol–water partition coefficient (Wildman–Crippen LogP) is 2.18. The van der Waals surface area contributed by atoms with Gasteiger partial charge >= 0.3 is 0 Å². The van der Waals surface area contributed by atoms with Crippen LogP contribution in [0.15, 0.2) is 17.6 Å². The molecule has 21 heavy (non-hydrogen) atoms. The Kier molecular flexibility index (Phi) is 4.70. The van der Waals surface area contributed by atoms with E-state index in [9.17, 15) is 4.79 Å². The second-order valence-electron chi connectivity index (χ2n) is 5.05. The van der Waals surface area contributed by atoms with Crippen molar-refractivity contribution in [2.75, 3.05) is 38.0 Å². The van der Waals surface area contributed by atoms with Crippen molar-refractivity contribution in [2.45, 2.75) is 6.42 Å². The largest absolute Gasteiger partial charge is 0.322 e. The number of carbonyl (C=O) groups is 1. The lowest BCUT2D eigenvalue weighted by atomic mass is 10.2. The molecular formula is C14H17ClN4OS. The molecule has 0 bridgehead atoms. The summed E-state index contributed by atoms with van der Waals surface area (Å²) in [6, 6.07) is 3.72. The predicted molar refractivity (Wildman–Crippen MR) is 87.2 cm³/mol. The number of hydrogen-bond donors (Lipinski definition) is 2. The second kappa shape index (κ2) is 6.70. The molecule has 3 rings (SSSR count). The fraction of sp³-hybridized carbons (Fsp3) is 0.429. The maximum Gasteiger partial charge on any atom is 0.238 e. The first-order valence-electron chi connectivity index (χ1n) is 6.98. The van der Waals surface area contributed by atoms with Gasteiger partial charge in [0, 0.05) is 13.1 Å². The van der Waals surface area contributed by atoms with Gasteiger partial charge < -0.3 is 10.6 Å². The molecule has 0 saturated carbocycles. The number of hydrogen-bond acceptors (Lipinski definition) is 5. The molecule has 0 unspecified atom stereocenters. The molecule has 1 aliphatic rings. The SMILES string of the molecule is O=C(CN1CCCNCC1)Nc1c(Cl)ccc2scnc12. The van der Waals surface area contributed by atoms with E-state index in [1.165, 1.54) is 11.3 Å². The Morgan fingerprint density at radius 2 is 2.33 bits per heavy atom. The molecule has 2 aromatic rings. The van der Waals surface area contributed by atoms with Gasteiger partial charge in [-0.2, -0.15) is 0 Å². The number of thiazole rings is 1. The third kappa shape index (κ3) is 3.52. The first-order valence-corrected chi connectivity index (χ1v) is 8.24. The van der Waals surface area contributed by atoms with E-state index in [0.717, 1.165) is 42.8 Å². The van der Waals surface area contributed by atoms with Crippen LogP contribution in [-0.2, 0) is 4.79 Å². The standard InChI is InChI=1S/C14H17ClN4OS/c15-10-2-3-11-14(17-9-21-11)13(10)18-12(20)8-19-6-1-4-16-5-7-19/h2-3,9,16H,1,4-8H2,(H,18,20). The van der Waals surface area contributed by atoms with Crippen molar-refractivity contribution in [3.63, 3.8) is 0 Å². The highest BCUT2D eigenvalue weighted by molar-refractivity contribution is 7.16. The maximum absolute atomic E-state index is 12.3. The molecule has 1 aliphatic heterocycles. The summed E-state index contributed by atoms with van der Waals surface area (Å²) in [4.78, 5) is 18.7. The third-order valence-corrected chi connectivity index (χ3v) is 4.63. The molecule has 0 atom stereocenters. The molecule has 112 valence electrons. The number of fused-ring (bicyclic) bond motifs is 1. The van der Waals surface area contributed by atoms with Crippen LogP contribution < -0.4 is 10.6 Å². The van der Waals surface area contributed by atoms with E-state index in [1.807, 2.05) is 6.07 Å². The van der Waals surface area contributed by atoms with Crippen LogP contribution in [0.4, 0.5) is 5.69 Å². The number of nitrogens with one attached hydrogen (secondary N) is 2. The summed E-state index contributed by atoms with van der Waals surface area (Å²) in [7, 11) is 0. The van der Waals surface area contributed by atoms with Gasteiger partial charge in [-0.1, -0.05) is 11.6 Å². The number of benzene rings is 1. The lowest BCUT2D eigenvalue weighted by Gasteiger charge is -2.19. The maximum atomic E-state index is 12.3. The summed E-state index contributed by atoms with van der Waals surface area (Å²) < 4.78 is 1.02. The lowest BCUT2D eigenvalue weighted by Crippen LogP contribution is -2.35. The number of halogens is 1. The topological polar surface area (TPSA) is 57.3 Å². The molecule has 2 N–H and O–H groups in total. The van der Waals surface area contributed by atoms with Crippen molar-refractivity contribution in [2.24, 2.45) is 0 Å². The average molecular weight is 325 g/mol. The number of amides is 1. The van der Waals surface area contributed by atoms with Crippen LogP contribution in [0.5, 0.6) is 0 Å². The van der Waals surface area contributed by atoms with Crippen LogP contribution >= 0.6 is 22.9 Å². The minimum atomic E-state index is -0.0423. The Balaban J connectivity index is 1.71. The van der Waals surface area contributed by atoms with Gasteiger partial charge in [-0.05, 0) is 31.6 Å². The molecule has 1 amide bonds. The zero-order valence-electron chi connectivity index (χ0n) is 11.6. The molecular weight excluding hydrogens is 308 g/mol. The summed E-state index contributed by atoms with van der Waals surface area (Å²) >= 11 is 7.74. The fourth-order valence-electron chi connectivity index (χ4n) is 2.47. The molecule has 1 saturated heterocycles. The third-order valence-electron chi connectivity index (χ3n) is 3.52. The highest BCUT2D eigenvalue weighted by atomic mass is 35.5. The molecule has 1 aromatic carbocycles. The van der Waals surface area contributed by atoms with E-state index in [0.29, 0.717) is 17.3 Å². The van der Waals surface area contributed by atoms with Crippen LogP contribution in [0.3, 0.4) is 0 Å². The number of rotatable bonds is 3. The van der Waals surface area contributed by atoms with E-state index in [-0.39, 0.29) is 5.91 Å². The Hall–Kier alpha value is -1.21. The Morgan fingerprint density at radius 1 is 1.43 bits per heavy atom. The van der Waals surface area contributed by atoms with Crippen molar-refractivity contribution in [1.82, 2.24) is 15.2 Å². The van der Waals surface area contributed by atoms with Crippen molar-refractivity contribution in [3.05, 3.63) is 22.7 Å². The number of nitrogens with zero attached hydrogens (tertiary/aromatic N) is 2. The summed E-state index contributed by atoms with van der Waals surface area (Å²) in [5, 5.41) is 6.77. The quantitative estimate of drug-likeness (QED) is 0.908. The normalized spacial score (nSPS) is 16.8. The number of aromatic nitrogens is 1. The lowest BCUT2D eigenvalue weighted by molar-refractivity contribution is -0.117. The van der Waals surface area contributed by atoms with Gasteiger partial charge in [0.15, 0.2) is 0 Å². The van der Waals surface area contributed by atoms with E-state index >= 15 is 0 Å². The monoisotopic (exact) mass is 324 g/mol. The van der Waals surface area contributed by atoms with Crippen molar-refractivity contribution >= 4 is 44.7 Å². The van der Waals surface area contributed by atoms with Gasteiger partial charge in [0.25, 0.3) is 0 Å². The van der Waals surface area contributed by atoms with Gasteiger partial charge in [-0.25, -0.2) is 4.98 Å². The molecule has 0 aliphatic carbocycles. The molecule has 0 spiro atoms. The van der Waals surface area contributed by atoms with Gasteiger partial charge in [-0.15, -0.1) is 11.3 Å². The Bertz CT molecular complexity index is 637. The van der Waals surface area contributed by atoms with Gasteiger partial charge in [-0.3, -0.25) is 9.69 Å². The summed E-state index contributed by atoms with van der Waals surface area (Å²) in [6.07, 6.45) is 1.07. The van der Waals surface area contributed by atoms with Crippen molar-refractivity contribution in [1.29, 1.82) is 0 Å². The molecule has 1 fully saturated rings. The molecule has 0 radical (unpaired) electrons. The number of carbonyl (C=O) groups excluding carboxylic acids is 1. The second-order valence-corrected chi connectivity index (χ2v) is 6.34. The van der Waals surface area contributed by atoms with E-state index in [4.69, 9.17) is 11.6 Å². The molecule has 5 nitrogen and oxygen atoms in total. The van der Waals surface area contributed by atoms with E-state index in [1.54, 1.807) is 11.6 Å². The summed E-state index contributed by atoms with van der Waals surface area (Å²) in [5.74, 6) is -0.0423. The van der Waals surface area contributed by atoms with E-state index < -0.39 is 0 Å². The summed E-state index contributed by atoms with van der Waals surface area (Å²) in [5.41, 5.74) is 3.14. The molecule has 2 heterocycles. The summed E-state index contributed by atoms with van der Waals surface area (Å²) in [6.45, 7) is 4.16. The van der Waals surface area contributed by atoms with Gasteiger partial charge in [0.1, 0.15) is 5.52 Å². The molecule has 1 aromatic heterocycles. The van der Waals surface area contributed by atoms with Crippen LogP contribution in [0.2, 0.25) is 5.02 Å². The Labute approximate surface area is 132 Å². The van der Waals surface area contributed by atoms with Gasteiger partial charge in [0.05, 0.1) is 27.5 Å². The highest BCUT2D eigenvalue weighted by Gasteiger charge is 2.16. The molecule has 7 heteroatoms. The van der Waals surface area contributed by atoms with Crippen molar-refractivity contribution in [3.8, 4) is 0 Å². The van der Waals surface area contributed by atoms with Crippen LogP contribution in [-0.4, -0.2) is 48.5 Å². The zero-order chi connectivity index (χ0) is 14.7. The zero-order valence-corrected chi connectivity index (χ0v) is 13.1. The Morgan fingerprint density at radius 3 is 3.24 bits per heavy atom. The fourth-order valence-corrected chi connectivity index (χ4v) is 3.35. The minimum Gasteiger partial charge on any atom is -0.322 e. The van der Waals surface area contributed by atoms with Crippen LogP contribution in [0.1, 0.15) is 6.42 Å². The van der Waals surface area contributed by atoms with E-state index in [2.05, 4.69) is 20.5 Å². The first-order chi connectivity index (χ1) is 10.2. The highest BCUT2D eigenvalue weighted by Crippen LogP contribution is 2.32. The first kappa shape index (κ1) is 14.7. The van der Waals surface area contributed by atoms with Crippen LogP contribution in [0.25, 0.3) is 10.2 Å². The smallest absolute Gasteiger partial charge is 0.238 e. The van der Waals surface area contributed by atoms with Crippen molar-refractivity contribution < 1.29 is 4.79 Å². The number of anilines is 1.